The Morgan fingerprint density at radius 1 is 0.475 bits per heavy atom. The standard InChI is InChI=1S/C55H97NO5/c1-4-7-10-13-16-19-22-24-25-26-27-28-30-33-36-39-42-45-48-55(60)61-51(46-43-40-37-34-32-29-23-20-17-14-11-8-5-2)49-54(59)56-52(50-57)53(58)47-44-41-38-35-31-21-18-15-12-9-6-3/h10,13,16,19-20,22-28,51-53,57-58H,4-9,11-12,14-15,17-18,21,29-50H2,1-3H3,(H,56,59)/b13-10+,19-16+,23-20-,24-22+,26-25+,28-27+. The van der Waals surface area contributed by atoms with Crippen molar-refractivity contribution in [2.24, 2.45) is 0 Å². The van der Waals surface area contributed by atoms with Gasteiger partial charge in [-0.3, -0.25) is 9.59 Å². The molecule has 61 heavy (non-hydrogen) atoms. The van der Waals surface area contributed by atoms with Crippen LogP contribution in [0.5, 0.6) is 0 Å². The number of esters is 1. The van der Waals surface area contributed by atoms with Crippen LogP contribution in [0.2, 0.25) is 0 Å². The molecular weight excluding hydrogens is 755 g/mol. The molecule has 0 aromatic carbocycles. The van der Waals surface area contributed by atoms with Gasteiger partial charge >= 0.3 is 5.97 Å². The fourth-order valence-electron chi connectivity index (χ4n) is 7.45. The summed E-state index contributed by atoms with van der Waals surface area (Å²) in [6, 6.07) is -0.711. The van der Waals surface area contributed by atoms with Crippen molar-refractivity contribution in [1.82, 2.24) is 5.32 Å². The third kappa shape index (κ3) is 43.7. The lowest BCUT2D eigenvalue weighted by atomic mass is 10.0. The van der Waals surface area contributed by atoms with Crippen LogP contribution in [0, 0.1) is 0 Å². The number of carbonyl (C=O) groups excluding carboxylic acids is 2. The molecule has 6 heteroatoms. The van der Waals surface area contributed by atoms with Gasteiger partial charge in [0, 0.05) is 6.42 Å². The molecule has 0 fully saturated rings. The van der Waals surface area contributed by atoms with Crippen LogP contribution in [0.25, 0.3) is 0 Å². The Kier molecular flexibility index (Phi) is 46.2. The third-order valence-corrected chi connectivity index (χ3v) is 11.4. The maximum Gasteiger partial charge on any atom is 0.306 e. The van der Waals surface area contributed by atoms with Gasteiger partial charge in [-0.25, -0.2) is 0 Å². The largest absolute Gasteiger partial charge is 0.462 e. The van der Waals surface area contributed by atoms with Crippen LogP contribution in [0.15, 0.2) is 72.9 Å². The molecule has 0 rings (SSSR count). The van der Waals surface area contributed by atoms with Gasteiger partial charge in [0.15, 0.2) is 0 Å². The lowest BCUT2D eigenvalue weighted by Gasteiger charge is -2.24. The van der Waals surface area contributed by atoms with E-state index >= 15 is 0 Å². The lowest BCUT2D eigenvalue weighted by Crippen LogP contribution is -2.46. The minimum Gasteiger partial charge on any atom is -0.462 e. The first-order valence-electron chi connectivity index (χ1n) is 25.7. The average Bonchev–Trinajstić information content (AvgIpc) is 3.25. The van der Waals surface area contributed by atoms with Crippen LogP contribution in [0.3, 0.4) is 0 Å². The van der Waals surface area contributed by atoms with E-state index in [1.165, 1.54) is 103 Å². The zero-order chi connectivity index (χ0) is 44.5. The quantitative estimate of drug-likeness (QED) is 0.0245. The lowest BCUT2D eigenvalue weighted by molar-refractivity contribution is -0.151. The van der Waals surface area contributed by atoms with Gasteiger partial charge in [-0.2, -0.15) is 0 Å². The van der Waals surface area contributed by atoms with E-state index in [0.717, 1.165) is 89.9 Å². The van der Waals surface area contributed by atoms with Crippen molar-refractivity contribution in [1.29, 1.82) is 0 Å². The van der Waals surface area contributed by atoms with Crippen LogP contribution in [0.1, 0.15) is 239 Å². The van der Waals surface area contributed by atoms with Gasteiger partial charge in [0.1, 0.15) is 6.10 Å². The van der Waals surface area contributed by atoms with Crippen molar-refractivity contribution in [2.45, 2.75) is 257 Å². The van der Waals surface area contributed by atoms with Crippen LogP contribution in [-0.2, 0) is 14.3 Å². The number of hydrogen-bond acceptors (Lipinski definition) is 5. The second-order valence-electron chi connectivity index (χ2n) is 17.3. The Labute approximate surface area is 377 Å². The van der Waals surface area contributed by atoms with E-state index in [4.69, 9.17) is 4.74 Å². The van der Waals surface area contributed by atoms with E-state index in [1.54, 1.807) is 0 Å². The molecule has 1 amide bonds. The second-order valence-corrected chi connectivity index (χ2v) is 17.3. The van der Waals surface area contributed by atoms with E-state index in [9.17, 15) is 19.8 Å². The highest BCUT2D eigenvalue weighted by Gasteiger charge is 2.24. The van der Waals surface area contributed by atoms with E-state index in [-0.39, 0.29) is 24.9 Å². The summed E-state index contributed by atoms with van der Waals surface area (Å²) in [5.74, 6) is -0.512. The summed E-state index contributed by atoms with van der Waals surface area (Å²) in [4.78, 5) is 26.1. The van der Waals surface area contributed by atoms with Crippen molar-refractivity contribution in [3.05, 3.63) is 72.9 Å². The molecule has 3 N–H and O–H groups in total. The van der Waals surface area contributed by atoms with Crippen molar-refractivity contribution in [2.75, 3.05) is 6.61 Å². The Morgan fingerprint density at radius 2 is 0.885 bits per heavy atom. The molecule has 0 saturated heterocycles. The number of carbonyl (C=O) groups is 2. The maximum absolute atomic E-state index is 13.2. The van der Waals surface area contributed by atoms with Crippen LogP contribution < -0.4 is 5.32 Å². The molecule has 0 heterocycles. The van der Waals surface area contributed by atoms with Crippen molar-refractivity contribution >= 4 is 11.9 Å². The monoisotopic (exact) mass is 852 g/mol. The smallest absolute Gasteiger partial charge is 0.306 e. The zero-order valence-corrected chi connectivity index (χ0v) is 40.0. The molecular formula is C55H97NO5. The van der Waals surface area contributed by atoms with Gasteiger partial charge in [-0.15, -0.1) is 0 Å². The SMILES string of the molecule is CCC/C=C/C=C/C=C/C=C/C=C/CCCCCCCC(=O)OC(CCCCCCC/C=C\CCCCCC)CC(=O)NC(CO)C(O)CCCCCCCCCCCCC. The van der Waals surface area contributed by atoms with Crippen LogP contribution in [-0.4, -0.2) is 46.9 Å². The first-order chi connectivity index (χ1) is 30.0. The third-order valence-electron chi connectivity index (χ3n) is 11.4. The number of ether oxygens (including phenoxy) is 1. The summed E-state index contributed by atoms with van der Waals surface area (Å²) >= 11 is 0. The second kappa shape index (κ2) is 48.3. The number of hydrogen-bond donors (Lipinski definition) is 3. The van der Waals surface area contributed by atoms with Gasteiger partial charge in [0.2, 0.25) is 5.91 Å². The van der Waals surface area contributed by atoms with E-state index in [2.05, 4.69) is 74.7 Å². The molecule has 0 aliphatic rings. The molecule has 0 spiro atoms. The molecule has 0 aliphatic carbocycles. The van der Waals surface area contributed by atoms with Gasteiger partial charge in [-0.1, -0.05) is 229 Å². The fraction of sp³-hybridized carbons (Fsp3) is 0.745. The molecule has 0 aromatic rings. The number of rotatable bonds is 45. The molecule has 352 valence electrons. The van der Waals surface area contributed by atoms with Crippen LogP contribution in [0.4, 0.5) is 0 Å². The Hall–Kier alpha value is -2.70. The number of aliphatic hydroxyl groups is 2. The summed E-state index contributed by atoms with van der Waals surface area (Å²) in [6.07, 6.45) is 60.9. The minimum atomic E-state index is -0.796. The molecule has 3 unspecified atom stereocenters. The van der Waals surface area contributed by atoms with Gasteiger partial charge in [0.25, 0.3) is 0 Å². The van der Waals surface area contributed by atoms with Gasteiger partial charge in [-0.05, 0) is 70.6 Å². The number of unbranched alkanes of at least 4 members (excludes halogenated alkanes) is 25. The number of aliphatic hydroxyl groups excluding tert-OH is 2. The summed E-state index contributed by atoms with van der Waals surface area (Å²) in [6.45, 7) is 6.36. The van der Waals surface area contributed by atoms with E-state index in [1.807, 2.05) is 24.3 Å². The summed E-state index contributed by atoms with van der Waals surface area (Å²) in [7, 11) is 0. The maximum atomic E-state index is 13.2. The number of amides is 1. The van der Waals surface area contributed by atoms with Crippen molar-refractivity contribution < 1.29 is 24.5 Å². The Balaban J connectivity index is 4.64. The summed E-state index contributed by atoms with van der Waals surface area (Å²) in [5, 5.41) is 23.7. The number of nitrogens with one attached hydrogen (secondary N) is 1. The molecule has 0 bridgehead atoms. The highest BCUT2D eigenvalue weighted by molar-refractivity contribution is 5.77. The summed E-state index contributed by atoms with van der Waals surface area (Å²) < 4.78 is 5.92. The van der Waals surface area contributed by atoms with Gasteiger partial charge < -0.3 is 20.3 Å². The number of allylic oxidation sites excluding steroid dienone is 12. The van der Waals surface area contributed by atoms with Gasteiger partial charge in [0.05, 0.1) is 25.2 Å². The van der Waals surface area contributed by atoms with E-state index in [0.29, 0.717) is 19.3 Å². The molecule has 6 nitrogen and oxygen atoms in total. The Morgan fingerprint density at radius 3 is 1.39 bits per heavy atom. The highest BCUT2D eigenvalue weighted by atomic mass is 16.5. The van der Waals surface area contributed by atoms with E-state index < -0.39 is 18.2 Å². The first kappa shape index (κ1) is 58.3. The predicted molar refractivity (Wildman–Crippen MR) is 264 cm³/mol. The average molecular weight is 852 g/mol. The molecule has 0 aromatic heterocycles. The predicted octanol–water partition coefficient (Wildman–Crippen LogP) is 15.4. The summed E-state index contributed by atoms with van der Waals surface area (Å²) in [5.41, 5.74) is 0. The minimum absolute atomic E-state index is 0.0587. The molecule has 0 aliphatic heterocycles. The highest BCUT2D eigenvalue weighted by Crippen LogP contribution is 2.17. The molecule has 3 atom stereocenters. The van der Waals surface area contributed by atoms with Crippen LogP contribution >= 0.6 is 0 Å². The topological polar surface area (TPSA) is 95.9 Å². The zero-order valence-electron chi connectivity index (χ0n) is 40.0. The normalized spacial score (nSPS) is 13.9. The fourth-order valence-corrected chi connectivity index (χ4v) is 7.45. The Bertz CT molecular complexity index is 1140. The molecule has 0 radical (unpaired) electrons. The van der Waals surface area contributed by atoms with Crippen molar-refractivity contribution in [3.63, 3.8) is 0 Å². The first-order valence-corrected chi connectivity index (χ1v) is 25.7. The van der Waals surface area contributed by atoms with Crippen molar-refractivity contribution in [3.8, 4) is 0 Å². The molecule has 0 saturated carbocycles.